The summed E-state index contributed by atoms with van der Waals surface area (Å²) in [5.41, 5.74) is 6.27. The summed E-state index contributed by atoms with van der Waals surface area (Å²) in [6.45, 7) is 4.57. The van der Waals surface area contributed by atoms with Crippen LogP contribution in [0.25, 0.3) is 0 Å². The molecule has 1 aromatic rings. The molecule has 0 radical (unpaired) electrons. The molecule has 102 valence electrons. The molecule has 19 heavy (non-hydrogen) atoms. The number of carbonyl (C=O) groups excluding carboxylic acids is 1. The van der Waals surface area contributed by atoms with Gasteiger partial charge in [0, 0.05) is 18.2 Å². The molecule has 0 aliphatic rings. The summed E-state index contributed by atoms with van der Waals surface area (Å²) < 4.78 is 5.07. The fraction of sp³-hybridized carbons (Fsp3) is 0.400. The summed E-state index contributed by atoms with van der Waals surface area (Å²) in [4.78, 5) is 12.1. The highest BCUT2D eigenvalue weighted by Gasteiger charge is 2.20. The summed E-state index contributed by atoms with van der Waals surface area (Å²) >= 11 is 0. The third-order valence-electron chi connectivity index (χ3n) is 2.42. The number of hydrogen-bond acceptors (Lipinski definition) is 3. The lowest BCUT2D eigenvalue weighted by Crippen LogP contribution is -2.46. The van der Waals surface area contributed by atoms with E-state index in [-0.39, 0.29) is 5.91 Å². The summed E-state index contributed by atoms with van der Waals surface area (Å²) in [6, 6.07) is 7.16. The van der Waals surface area contributed by atoms with Crippen LogP contribution in [-0.2, 0) is 4.74 Å². The Labute approximate surface area is 114 Å². The number of benzene rings is 1. The van der Waals surface area contributed by atoms with Crippen LogP contribution in [0.4, 0.5) is 0 Å². The molecule has 4 heteroatoms. The van der Waals surface area contributed by atoms with Crippen LogP contribution in [0.3, 0.4) is 0 Å². The zero-order valence-corrected chi connectivity index (χ0v) is 11.6. The first-order valence-electron chi connectivity index (χ1n) is 6.09. The first-order chi connectivity index (χ1) is 8.98. The molecule has 0 aromatic heterocycles. The Kier molecular flexibility index (Phi) is 5.56. The SMILES string of the molecule is COCC(C)(C)NC(=O)c1cccc(C#CCN)c1. The summed E-state index contributed by atoms with van der Waals surface area (Å²) in [5.74, 6) is 5.53. The molecule has 0 bridgehead atoms. The molecule has 0 atom stereocenters. The predicted molar refractivity (Wildman–Crippen MR) is 75.8 cm³/mol. The molecule has 4 nitrogen and oxygen atoms in total. The van der Waals surface area contributed by atoms with Gasteiger partial charge in [-0.3, -0.25) is 4.79 Å². The van der Waals surface area contributed by atoms with E-state index in [1.54, 1.807) is 25.3 Å². The van der Waals surface area contributed by atoms with Crippen LogP contribution in [0, 0.1) is 11.8 Å². The number of nitrogens with two attached hydrogens (primary N) is 1. The highest BCUT2D eigenvalue weighted by Crippen LogP contribution is 2.08. The van der Waals surface area contributed by atoms with E-state index >= 15 is 0 Å². The minimum Gasteiger partial charge on any atom is -0.382 e. The second kappa shape index (κ2) is 6.93. The van der Waals surface area contributed by atoms with Crippen LogP contribution >= 0.6 is 0 Å². The maximum atomic E-state index is 12.1. The normalized spacial score (nSPS) is 10.5. The molecule has 0 heterocycles. The molecule has 0 aliphatic carbocycles. The van der Waals surface area contributed by atoms with Gasteiger partial charge in [0.2, 0.25) is 0 Å². The Bertz CT molecular complexity index is 498. The Morgan fingerprint density at radius 1 is 1.47 bits per heavy atom. The standard InChI is InChI=1S/C15H20N2O2/c1-15(2,11-19-3)17-14(18)13-8-4-6-12(10-13)7-5-9-16/h4,6,8,10H,9,11,16H2,1-3H3,(H,17,18). The van der Waals surface area contributed by atoms with Crippen molar-refractivity contribution in [3.8, 4) is 11.8 Å². The van der Waals surface area contributed by atoms with Gasteiger partial charge in [-0.05, 0) is 32.0 Å². The van der Waals surface area contributed by atoms with Gasteiger partial charge in [-0.25, -0.2) is 0 Å². The van der Waals surface area contributed by atoms with Crippen molar-refractivity contribution in [3.05, 3.63) is 35.4 Å². The number of amides is 1. The Hall–Kier alpha value is -1.83. The van der Waals surface area contributed by atoms with Gasteiger partial charge < -0.3 is 15.8 Å². The van der Waals surface area contributed by atoms with Crippen molar-refractivity contribution in [2.24, 2.45) is 5.73 Å². The Morgan fingerprint density at radius 3 is 2.84 bits per heavy atom. The van der Waals surface area contributed by atoms with Gasteiger partial charge in [-0.2, -0.15) is 0 Å². The van der Waals surface area contributed by atoms with Gasteiger partial charge in [0.05, 0.1) is 18.7 Å². The smallest absolute Gasteiger partial charge is 0.251 e. The van der Waals surface area contributed by atoms with Crippen molar-refractivity contribution in [2.45, 2.75) is 19.4 Å². The zero-order chi connectivity index (χ0) is 14.3. The lowest BCUT2D eigenvalue weighted by Gasteiger charge is -2.25. The van der Waals surface area contributed by atoms with Crippen LogP contribution in [-0.4, -0.2) is 31.7 Å². The largest absolute Gasteiger partial charge is 0.382 e. The van der Waals surface area contributed by atoms with E-state index in [0.717, 1.165) is 5.56 Å². The van der Waals surface area contributed by atoms with Crippen LogP contribution in [0.5, 0.6) is 0 Å². The van der Waals surface area contributed by atoms with Gasteiger partial charge in [0.25, 0.3) is 5.91 Å². The van der Waals surface area contributed by atoms with E-state index in [1.165, 1.54) is 0 Å². The molecule has 0 fully saturated rings. The molecule has 1 rings (SSSR count). The maximum absolute atomic E-state index is 12.1. The van der Waals surface area contributed by atoms with Crippen molar-refractivity contribution in [2.75, 3.05) is 20.3 Å². The fourth-order valence-corrected chi connectivity index (χ4v) is 1.67. The fourth-order valence-electron chi connectivity index (χ4n) is 1.67. The van der Waals surface area contributed by atoms with Crippen LogP contribution < -0.4 is 11.1 Å². The average molecular weight is 260 g/mol. The van der Waals surface area contributed by atoms with Crippen molar-refractivity contribution < 1.29 is 9.53 Å². The molecular formula is C15H20N2O2. The highest BCUT2D eigenvalue weighted by atomic mass is 16.5. The van der Waals surface area contributed by atoms with E-state index in [1.807, 2.05) is 19.9 Å². The Morgan fingerprint density at radius 2 is 2.21 bits per heavy atom. The zero-order valence-electron chi connectivity index (χ0n) is 11.6. The quantitative estimate of drug-likeness (QED) is 0.798. The molecule has 0 saturated heterocycles. The summed E-state index contributed by atoms with van der Waals surface area (Å²) in [5, 5.41) is 2.92. The van der Waals surface area contributed by atoms with E-state index in [9.17, 15) is 4.79 Å². The first-order valence-corrected chi connectivity index (χ1v) is 6.09. The van der Waals surface area contributed by atoms with Gasteiger partial charge in [0.15, 0.2) is 0 Å². The first kappa shape index (κ1) is 15.2. The molecule has 0 unspecified atom stereocenters. The number of methoxy groups -OCH3 is 1. The Balaban J connectivity index is 2.83. The summed E-state index contributed by atoms with van der Waals surface area (Å²) in [6.07, 6.45) is 0. The van der Waals surface area contributed by atoms with E-state index in [4.69, 9.17) is 10.5 Å². The third-order valence-corrected chi connectivity index (χ3v) is 2.42. The van der Waals surface area contributed by atoms with Crippen molar-refractivity contribution >= 4 is 5.91 Å². The number of carbonyl (C=O) groups is 1. The molecule has 0 spiro atoms. The predicted octanol–water partition coefficient (Wildman–Crippen LogP) is 1.15. The molecule has 0 saturated carbocycles. The minimum absolute atomic E-state index is 0.140. The highest BCUT2D eigenvalue weighted by molar-refractivity contribution is 5.95. The van der Waals surface area contributed by atoms with Gasteiger partial charge in [-0.1, -0.05) is 17.9 Å². The van der Waals surface area contributed by atoms with Gasteiger partial charge >= 0.3 is 0 Å². The average Bonchev–Trinajstić information content (AvgIpc) is 2.36. The van der Waals surface area contributed by atoms with Gasteiger partial charge in [-0.15, -0.1) is 0 Å². The van der Waals surface area contributed by atoms with E-state index in [0.29, 0.717) is 18.7 Å². The van der Waals surface area contributed by atoms with Crippen LogP contribution in [0.2, 0.25) is 0 Å². The number of rotatable bonds is 4. The third kappa shape index (κ3) is 5.12. The number of hydrogen-bond donors (Lipinski definition) is 2. The van der Waals surface area contributed by atoms with Crippen molar-refractivity contribution in [3.63, 3.8) is 0 Å². The number of ether oxygens (including phenoxy) is 1. The van der Waals surface area contributed by atoms with Crippen molar-refractivity contribution in [1.29, 1.82) is 0 Å². The lowest BCUT2D eigenvalue weighted by molar-refractivity contribution is 0.0820. The summed E-state index contributed by atoms with van der Waals surface area (Å²) in [7, 11) is 1.61. The maximum Gasteiger partial charge on any atom is 0.251 e. The minimum atomic E-state index is -0.412. The second-order valence-electron chi connectivity index (χ2n) is 4.86. The van der Waals surface area contributed by atoms with E-state index < -0.39 is 5.54 Å². The second-order valence-corrected chi connectivity index (χ2v) is 4.86. The molecular weight excluding hydrogens is 240 g/mol. The van der Waals surface area contributed by atoms with E-state index in [2.05, 4.69) is 17.2 Å². The molecule has 1 amide bonds. The molecule has 3 N–H and O–H groups in total. The van der Waals surface area contributed by atoms with Crippen LogP contribution in [0.1, 0.15) is 29.8 Å². The van der Waals surface area contributed by atoms with Crippen LogP contribution in [0.15, 0.2) is 24.3 Å². The number of nitrogens with one attached hydrogen (secondary N) is 1. The molecule has 0 aliphatic heterocycles. The topological polar surface area (TPSA) is 64.3 Å². The lowest BCUT2D eigenvalue weighted by atomic mass is 10.1. The van der Waals surface area contributed by atoms with Crippen molar-refractivity contribution in [1.82, 2.24) is 5.32 Å². The van der Waals surface area contributed by atoms with Gasteiger partial charge in [0.1, 0.15) is 0 Å². The monoisotopic (exact) mass is 260 g/mol. The molecule has 1 aromatic carbocycles.